The lowest BCUT2D eigenvalue weighted by Crippen LogP contribution is -2.51. The molecule has 2 aromatic heterocycles. The number of aromatic nitrogens is 2. The predicted molar refractivity (Wildman–Crippen MR) is 116 cm³/mol. The van der Waals surface area contributed by atoms with Crippen molar-refractivity contribution in [1.82, 2.24) is 24.5 Å². The Morgan fingerprint density at radius 1 is 1.09 bits per heavy atom. The molecule has 0 aliphatic carbocycles. The molecule has 0 saturated carbocycles. The average molecular weight is 455 g/mol. The van der Waals surface area contributed by atoms with Crippen LogP contribution in [0.2, 0.25) is 0 Å². The van der Waals surface area contributed by atoms with E-state index in [9.17, 15) is 14.4 Å². The number of amides is 2. The van der Waals surface area contributed by atoms with E-state index in [4.69, 9.17) is 9.47 Å². The van der Waals surface area contributed by atoms with Gasteiger partial charge in [0, 0.05) is 55.9 Å². The Kier molecular flexibility index (Phi) is 5.50. The van der Waals surface area contributed by atoms with Gasteiger partial charge >= 0.3 is 0 Å². The lowest BCUT2D eigenvalue weighted by atomic mass is 10.2. The van der Waals surface area contributed by atoms with Crippen molar-refractivity contribution in [3.05, 3.63) is 57.5 Å². The molecular weight excluding hydrogens is 434 g/mol. The summed E-state index contributed by atoms with van der Waals surface area (Å²) in [6, 6.07) is 6.48. The molecule has 0 unspecified atom stereocenters. The SMILES string of the molecule is O=C(NCC(=O)N1CCN(Cc2cc(=O)n3ccsc3n2)CC1)c1ccc2c(c1)OCO2. The fraction of sp³-hybridized carbons (Fsp3) is 0.333. The van der Waals surface area contributed by atoms with Crippen molar-refractivity contribution in [1.29, 1.82) is 0 Å². The Balaban J connectivity index is 1.11. The highest BCUT2D eigenvalue weighted by molar-refractivity contribution is 7.15. The third-order valence-corrected chi connectivity index (χ3v) is 6.26. The normalized spacial score (nSPS) is 15.8. The number of benzene rings is 1. The Bertz CT molecular complexity index is 1230. The summed E-state index contributed by atoms with van der Waals surface area (Å²) in [6.07, 6.45) is 1.72. The van der Waals surface area contributed by atoms with Crippen LogP contribution in [0.15, 0.2) is 40.6 Å². The Hall–Kier alpha value is -3.44. The predicted octanol–water partition coefficient (Wildman–Crippen LogP) is 0.559. The molecule has 1 aromatic carbocycles. The van der Waals surface area contributed by atoms with Gasteiger partial charge in [-0.1, -0.05) is 0 Å². The van der Waals surface area contributed by atoms with Crippen LogP contribution in [0.5, 0.6) is 11.5 Å². The summed E-state index contributed by atoms with van der Waals surface area (Å²) in [5.74, 6) is 0.661. The summed E-state index contributed by atoms with van der Waals surface area (Å²) in [5, 5.41) is 4.51. The average Bonchev–Trinajstić information content (AvgIpc) is 3.47. The summed E-state index contributed by atoms with van der Waals surface area (Å²) in [4.78, 5) is 46.2. The standard InChI is InChI=1S/C21H21N5O5S/c27-18-10-15(23-21-26(18)7-8-32-21)12-24-3-5-25(6-4-24)19(28)11-22-20(29)14-1-2-16-17(9-14)31-13-30-16/h1-2,7-10H,3-6,11-13H2,(H,22,29). The van der Waals surface area contributed by atoms with E-state index >= 15 is 0 Å². The molecule has 166 valence electrons. The van der Waals surface area contributed by atoms with Gasteiger partial charge in [0.15, 0.2) is 16.5 Å². The van der Waals surface area contributed by atoms with Gasteiger partial charge in [0.2, 0.25) is 12.7 Å². The third kappa shape index (κ3) is 4.16. The molecule has 10 nitrogen and oxygen atoms in total. The molecule has 1 saturated heterocycles. The molecule has 5 rings (SSSR count). The molecule has 2 amide bonds. The molecular formula is C21H21N5O5S. The van der Waals surface area contributed by atoms with Crippen molar-refractivity contribution in [2.24, 2.45) is 0 Å². The summed E-state index contributed by atoms with van der Waals surface area (Å²) < 4.78 is 12.1. The van der Waals surface area contributed by atoms with Gasteiger partial charge in [-0.2, -0.15) is 0 Å². The number of rotatable bonds is 5. The number of hydrogen-bond donors (Lipinski definition) is 1. The lowest BCUT2D eigenvalue weighted by molar-refractivity contribution is -0.131. The number of carbonyl (C=O) groups excluding carboxylic acids is 2. The summed E-state index contributed by atoms with van der Waals surface area (Å²) in [6.45, 7) is 3.09. The van der Waals surface area contributed by atoms with Gasteiger partial charge < -0.3 is 19.7 Å². The zero-order valence-electron chi connectivity index (χ0n) is 17.2. The summed E-state index contributed by atoms with van der Waals surface area (Å²) in [5.41, 5.74) is 1.06. The Labute approximate surface area is 187 Å². The number of carbonyl (C=O) groups is 2. The largest absolute Gasteiger partial charge is 0.454 e. The van der Waals surface area contributed by atoms with Crippen molar-refractivity contribution in [2.75, 3.05) is 39.5 Å². The first-order chi connectivity index (χ1) is 15.6. The minimum Gasteiger partial charge on any atom is -0.454 e. The fourth-order valence-corrected chi connectivity index (χ4v) is 4.50. The highest BCUT2D eigenvalue weighted by Crippen LogP contribution is 2.32. The van der Waals surface area contributed by atoms with E-state index in [1.807, 2.05) is 5.38 Å². The fourth-order valence-electron chi connectivity index (χ4n) is 3.76. The van der Waals surface area contributed by atoms with E-state index < -0.39 is 0 Å². The van der Waals surface area contributed by atoms with E-state index in [1.54, 1.807) is 35.4 Å². The number of nitrogens with one attached hydrogen (secondary N) is 1. The lowest BCUT2D eigenvalue weighted by Gasteiger charge is -2.34. The topological polar surface area (TPSA) is 105 Å². The molecule has 0 radical (unpaired) electrons. The van der Waals surface area contributed by atoms with Crippen LogP contribution >= 0.6 is 11.3 Å². The van der Waals surface area contributed by atoms with E-state index in [1.165, 1.54) is 15.7 Å². The quantitative estimate of drug-likeness (QED) is 0.599. The molecule has 3 aromatic rings. The maximum atomic E-state index is 12.5. The summed E-state index contributed by atoms with van der Waals surface area (Å²) >= 11 is 1.43. The van der Waals surface area contributed by atoms with Crippen molar-refractivity contribution < 1.29 is 19.1 Å². The monoisotopic (exact) mass is 455 g/mol. The smallest absolute Gasteiger partial charge is 0.258 e. The molecule has 2 aliphatic rings. The van der Waals surface area contributed by atoms with Crippen LogP contribution in [-0.2, 0) is 11.3 Å². The van der Waals surface area contributed by atoms with Crippen molar-refractivity contribution in [2.45, 2.75) is 6.54 Å². The van der Waals surface area contributed by atoms with E-state index in [0.29, 0.717) is 54.7 Å². The van der Waals surface area contributed by atoms with Gasteiger partial charge in [0.25, 0.3) is 11.5 Å². The number of piperazine rings is 1. The van der Waals surface area contributed by atoms with Crippen LogP contribution < -0.4 is 20.3 Å². The van der Waals surface area contributed by atoms with Crippen LogP contribution in [0.3, 0.4) is 0 Å². The van der Waals surface area contributed by atoms with Crippen LogP contribution in [0.1, 0.15) is 16.1 Å². The van der Waals surface area contributed by atoms with Crippen LogP contribution in [0.25, 0.3) is 4.96 Å². The summed E-state index contributed by atoms with van der Waals surface area (Å²) in [7, 11) is 0. The highest BCUT2D eigenvalue weighted by atomic mass is 32.1. The molecule has 11 heteroatoms. The van der Waals surface area contributed by atoms with E-state index in [0.717, 1.165) is 5.69 Å². The van der Waals surface area contributed by atoms with Gasteiger partial charge in [-0.05, 0) is 18.2 Å². The second-order valence-electron chi connectivity index (χ2n) is 7.55. The zero-order valence-corrected chi connectivity index (χ0v) is 18.0. The van der Waals surface area contributed by atoms with Gasteiger partial charge in [-0.3, -0.25) is 23.7 Å². The number of ether oxygens (including phenoxy) is 2. The van der Waals surface area contributed by atoms with Crippen molar-refractivity contribution >= 4 is 28.1 Å². The van der Waals surface area contributed by atoms with Crippen LogP contribution in [-0.4, -0.2) is 70.5 Å². The van der Waals surface area contributed by atoms with Gasteiger partial charge in [-0.25, -0.2) is 4.98 Å². The minimum absolute atomic E-state index is 0.0688. The molecule has 4 heterocycles. The number of fused-ring (bicyclic) bond motifs is 2. The minimum atomic E-state index is -0.336. The first-order valence-electron chi connectivity index (χ1n) is 10.2. The molecule has 2 aliphatic heterocycles. The molecule has 32 heavy (non-hydrogen) atoms. The molecule has 0 atom stereocenters. The molecule has 0 bridgehead atoms. The Morgan fingerprint density at radius 3 is 2.75 bits per heavy atom. The number of hydrogen-bond acceptors (Lipinski definition) is 8. The highest BCUT2D eigenvalue weighted by Gasteiger charge is 2.23. The number of nitrogens with zero attached hydrogens (tertiary/aromatic N) is 4. The van der Waals surface area contributed by atoms with Gasteiger partial charge in [0.05, 0.1) is 12.2 Å². The van der Waals surface area contributed by atoms with E-state index in [2.05, 4.69) is 15.2 Å². The maximum absolute atomic E-state index is 12.5. The van der Waals surface area contributed by atoms with E-state index in [-0.39, 0.29) is 30.7 Å². The molecule has 1 fully saturated rings. The van der Waals surface area contributed by atoms with Crippen molar-refractivity contribution in [3.8, 4) is 11.5 Å². The number of thiazole rings is 1. The van der Waals surface area contributed by atoms with Crippen LogP contribution in [0.4, 0.5) is 0 Å². The van der Waals surface area contributed by atoms with Gasteiger partial charge in [-0.15, -0.1) is 11.3 Å². The second-order valence-corrected chi connectivity index (χ2v) is 8.42. The van der Waals surface area contributed by atoms with Gasteiger partial charge in [0.1, 0.15) is 0 Å². The maximum Gasteiger partial charge on any atom is 0.258 e. The van der Waals surface area contributed by atoms with Crippen molar-refractivity contribution in [3.63, 3.8) is 0 Å². The van der Waals surface area contributed by atoms with Crippen LogP contribution in [0, 0.1) is 0 Å². The molecule has 0 spiro atoms. The first-order valence-corrected chi connectivity index (χ1v) is 11.1. The zero-order chi connectivity index (χ0) is 22.1. The second kappa shape index (κ2) is 8.60. The third-order valence-electron chi connectivity index (χ3n) is 5.50. The Morgan fingerprint density at radius 2 is 1.91 bits per heavy atom. The first kappa shape index (κ1) is 20.5. The molecule has 1 N–H and O–H groups in total.